The van der Waals surface area contributed by atoms with E-state index in [0.717, 1.165) is 11.1 Å². The summed E-state index contributed by atoms with van der Waals surface area (Å²) in [5.74, 6) is 0.729. The van der Waals surface area contributed by atoms with Gasteiger partial charge in [0, 0.05) is 28.9 Å². The van der Waals surface area contributed by atoms with Gasteiger partial charge in [-0.1, -0.05) is 48.0 Å². The van der Waals surface area contributed by atoms with Gasteiger partial charge in [0.1, 0.15) is 0 Å². The van der Waals surface area contributed by atoms with Gasteiger partial charge in [0.2, 0.25) is 10.0 Å². The van der Waals surface area contributed by atoms with Crippen LogP contribution in [0.15, 0.2) is 59.5 Å². The van der Waals surface area contributed by atoms with Crippen molar-refractivity contribution in [1.29, 1.82) is 0 Å². The van der Waals surface area contributed by atoms with Crippen LogP contribution in [0.2, 0.25) is 0 Å². The van der Waals surface area contributed by atoms with E-state index in [1.807, 2.05) is 37.3 Å². The maximum absolute atomic E-state index is 12.1. The zero-order chi connectivity index (χ0) is 16.0. The number of benzene rings is 2. The van der Waals surface area contributed by atoms with Crippen LogP contribution in [0.4, 0.5) is 0 Å². The van der Waals surface area contributed by atoms with Crippen LogP contribution in [0, 0.1) is 6.92 Å². The molecule has 0 aromatic heterocycles. The van der Waals surface area contributed by atoms with Gasteiger partial charge in [0.05, 0.1) is 4.90 Å². The highest BCUT2D eigenvalue weighted by Crippen LogP contribution is 2.09. The predicted molar refractivity (Wildman–Crippen MR) is 89.5 cm³/mol. The summed E-state index contributed by atoms with van der Waals surface area (Å²) < 4.78 is 38.6. The Morgan fingerprint density at radius 2 is 1.64 bits per heavy atom. The third-order valence-corrected chi connectivity index (χ3v) is 5.92. The minimum atomic E-state index is -3.53. The van der Waals surface area contributed by atoms with E-state index in [9.17, 15) is 12.6 Å². The van der Waals surface area contributed by atoms with Crippen molar-refractivity contribution < 1.29 is 12.6 Å². The summed E-state index contributed by atoms with van der Waals surface area (Å²) in [6, 6.07) is 16.2. The maximum Gasteiger partial charge on any atom is 0.240 e. The molecule has 0 fully saturated rings. The van der Waals surface area contributed by atoms with Crippen LogP contribution in [0.3, 0.4) is 0 Å². The number of rotatable bonds is 7. The van der Waals surface area contributed by atoms with Crippen molar-refractivity contribution in [3.63, 3.8) is 0 Å². The van der Waals surface area contributed by atoms with E-state index in [1.54, 1.807) is 24.3 Å². The topological polar surface area (TPSA) is 63.2 Å². The Balaban J connectivity index is 1.85. The molecule has 118 valence electrons. The first-order valence-electron chi connectivity index (χ1n) is 6.92. The Kier molecular flexibility index (Phi) is 5.88. The molecule has 2 aromatic carbocycles. The molecule has 1 N–H and O–H groups in total. The lowest BCUT2D eigenvalue weighted by atomic mass is 10.2. The van der Waals surface area contributed by atoms with E-state index >= 15 is 0 Å². The second kappa shape index (κ2) is 7.67. The lowest BCUT2D eigenvalue weighted by Gasteiger charge is -2.07. The summed E-state index contributed by atoms with van der Waals surface area (Å²) in [7, 11) is -4.62. The average Bonchev–Trinajstić information content (AvgIpc) is 2.48. The molecule has 0 aliphatic rings. The average molecular weight is 337 g/mol. The summed E-state index contributed by atoms with van der Waals surface area (Å²) in [5, 5.41) is 0. The second-order valence-corrected chi connectivity index (χ2v) is 8.33. The minimum absolute atomic E-state index is 0.162. The second-order valence-electron chi connectivity index (χ2n) is 4.98. The summed E-state index contributed by atoms with van der Waals surface area (Å²) in [5.41, 5.74) is 1.99. The molecule has 6 heteroatoms. The first-order chi connectivity index (χ1) is 10.5. The summed E-state index contributed by atoms with van der Waals surface area (Å²) in [4.78, 5) is 0.229. The van der Waals surface area contributed by atoms with Crippen molar-refractivity contribution in [2.75, 3.05) is 12.3 Å². The van der Waals surface area contributed by atoms with Crippen LogP contribution in [0.25, 0.3) is 0 Å². The number of nitrogens with one attached hydrogen (secondary N) is 1. The first kappa shape index (κ1) is 16.9. The van der Waals surface area contributed by atoms with Gasteiger partial charge >= 0.3 is 0 Å². The van der Waals surface area contributed by atoms with E-state index in [1.165, 1.54) is 0 Å². The minimum Gasteiger partial charge on any atom is -0.259 e. The predicted octanol–water partition coefficient (Wildman–Crippen LogP) is 2.22. The summed E-state index contributed by atoms with van der Waals surface area (Å²) in [6.45, 7) is 2.06. The molecule has 0 saturated carbocycles. The molecular formula is C16H19NO3S2. The normalized spacial score (nSPS) is 13.0. The maximum atomic E-state index is 12.1. The van der Waals surface area contributed by atoms with Crippen LogP contribution in [0.1, 0.15) is 11.1 Å². The van der Waals surface area contributed by atoms with Crippen molar-refractivity contribution in [2.45, 2.75) is 17.6 Å². The first-order valence-corrected chi connectivity index (χ1v) is 9.90. The molecule has 0 radical (unpaired) electrons. The Morgan fingerprint density at radius 3 is 2.27 bits per heavy atom. The van der Waals surface area contributed by atoms with Crippen molar-refractivity contribution in [2.24, 2.45) is 0 Å². The molecule has 22 heavy (non-hydrogen) atoms. The van der Waals surface area contributed by atoms with Gasteiger partial charge in [-0.3, -0.25) is 4.21 Å². The monoisotopic (exact) mass is 337 g/mol. The molecule has 0 amide bonds. The molecule has 0 aliphatic heterocycles. The zero-order valence-corrected chi connectivity index (χ0v) is 14.0. The quantitative estimate of drug-likeness (QED) is 0.843. The highest BCUT2D eigenvalue weighted by atomic mass is 32.2. The van der Waals surface area contributed by atoms with Gasteiger partial charge in [-0.15, -0.1) is 0 Å². The van der Waals surface area contributed by atoms with Crippen molar-refractivity contribution in [1.82, 2.24) is 4.72 Å². The molecule has 0 saturated heterocycles. The Hall–Kier alpha value is -1.50. The number of hydrogen-bond acceptors (Lipinski definition) is 3. The highest BCUT2D eigenvalue weighted by molar-refractivity contribution is 7.89. The Morgan fingerprint density at radius 1 is 1.00 bits per heavy atom. The molecule has 4 nitrogen and oxygen atoms in total. The zero-order valence-electron chi connectivity index (χ0n) is 12.4. The van der Waals surface area contributed by atoms with E-state index < -0.39 is 20.8 Å². The third kappa shape index (κ3) is 5.05. The number of sulfonamides is 1. The van der Waals surface area contributed by atoms with Gasteiger partial charge in [-0.05, 0) is 24.6 Å². The van der Waals surface area contributed by atoms with Crippen molar-refractivity contribution in [3.05, 3.63) is 65.7 Å². The van der Waals surface area contributed by atoms with E-state index in [0.29, 0.717) is 11.5 Å². The lowest BCUT2D eigenvalue weighted by molar-refractivity contribution is 0.584. The van der Waals surface area contributed by atoms with E-state index in [4.69, 9.17) is 0 Å². The molecular weight excluding hydrogens is 318 g/mol. The molecule has 0 bridgehead atoms. The standard InChI is InChI=1S/C16H19NO3S2/c1-14-7-9-16(10-8-14)22(19,20)17-11-12-21(18)13-15-5-3-2-4-6-15/h2-10,17H,11-13H2,1H3/t21-/m0/s1. The smallest absolute Gasteiger partial charge is 0.240 e. The van der Waals surface area contributed by atoms with Crippen LogP contribution < -0.4 is 4.72 Å². The fourth-order valence-corrected chi connectivity index (χ4v) is 4.12. The Labute approximate surface area is 134 Å². The van der Waals surface area contributed by atoms with Gasteiger partial charge in [-0.2, -0.15) is 0 Å². The van der Waals surface area contributed by atoms with Crippen LogP contribution in [-0.2, 0) is 26.6 Å². The van der Waals surface area contributed by atoms with Gasteiger partial charge in [0.15, 0.2) is 0 Å². The Bertz CT molecular complexity index is 726. The fraction of sp³-hybridized carbons (Fsp3) is 0.250. The molecule has 2 aromatic rings. The molecule has 0 aliphatic carbocycles. The van der Waals surface area contributed by atoms with Crippen LogP contribution in [0.5, 0.6) is 0 Å². The van der Waals surface area contributed by atoms with Crippen molar-refractivity contribution >= 4 is 20.8 Å². The molecule has 2 rings (SSSR count). The molecule has 0 heterocycles. The molecule has 0 unspecified atom stereocenters. The van der Waals surface area contributed by atoms with Crippen LogP contribution in [-0.4, -0.2) is 24.9 Å². The summed E-state index contributed by atoms with van der Waals surface area (Å²) in [6.07, 6.45) is 0. The van der Waals surface area contributed by atoms with Gasteiger partial charge < -0.3 is 0 Å². The fourth-order valence-electron chi connectivity index (χ4n) is 1.92. The molecule has 1 atom stereocenters. The van der Waals surface area contributed by atoms with Gasteiger partial charge in [-0.25, -0.2) is 13.1 Å². The number of hydrogen-bond donors (Lipinski definition) is 1. The largest absolute Gasteiger partial charge is 0.259 e. The lowest BCUT2D eigenvalue weighted by Crippen LogP contribution is -2.28. The highest BCUT2D eigenvalue weighted by Gasteiger charge is 2.13. The molecule has 0 spiro atoms. The van der Waals surface area contributed by atoms with E-state index in [-0.39, 0.29) is 11.4 Å². The SMILES string of the molecule is Cc1ccc(S(=O)(=O)NCC[S@](=O)Cc2ccccc2)cc1. The van der Waals surface area contributed by atoms with E-state index in [2.05, 4.69) is 4.72 Å². The number of aryl methyl sites for hydroxylation is 1. The van der Waals surface area contributed by atoms with Gasteiger partial charge in [0.25, 0.3) is 0 Å². The third-order valence-electron chi connectivity index (χ3n) is 3.12. The van der Waals surface area contributed by atoms with Crippen molar-refractivity contribution in [3.8, 4) is 0 Å². The summed E-state index contributed by atoms with van der Waals surface area (Å²) >= 11 is 0. The van der Waals surface area contributed by atoms with Crippen LogP contribution >= 0.6 is 0 Å².